The number of pyridine rings is 1. The molecule has 33 heavy (non-hydrogen) atoms. The Morgan fingerprint density at radius 1 is 1.03 bits per heavy atom. The third-order valence-corrected chi connectivity index (χ3v) is 6.97. The number of sulfonamides is 1. The molecule has 9 nitrogen and oxygen atoms in total. The zero-order chi connectivity index (χ0) is 23.3. The van der Waals surface area contributed by atoms with Gasteiger partial charge in [0.2, 0.25) is 10.0 Å². The Morgan fingerprint density at radius 2 is 1.85 bits per heavy atom. The highest BCUT2D eigenvalue weighted by Gasteiger charge is 2.28. The molecule has 3 aromatic rings. The molecule has 0 spiro atoms. The van der Waals surface area contributed by atoms with Crippen LogP contribution in [0.15, 0.2) is 71.8 Å². The molecule has 170 valence electrons. The van der Waals surface area contributed by atoms with Crippen LogP contribution in [0.5, 0.6) is 0 Å². The van der Waals surface area contributed by atoms with Gasteiger partial charge in [0.15, 0.2) is 0 Å². The number of hydrogen-bond donors (Lipinski definition) is 1. The fraction of sp³-hybridized carbons (Fsp3) is 0.174. The average Bonchev–Trinajstić information content (AvgIpc) is 2.84. The van der Waals surface area contributed by atoms with Crippen LogP contribution in [-0.4, -0.2) is 48.9 Å². The van der Waals surface area contributed by atoms with Crippen LogP contribution in [0.4, 0.5) is 17.1 Å². The molecule has 1 saturated heterocycles. The molecular weight excluding hydrogens is 444 g/mol. The molecule has 0 radical (unpaired) electrons. The third kappa shape index (κ3) is 5.43. The zero-order valence-corrected chi connectivity index (χ0v) is 18.4. The van der Waals surface area contributed by atoms with E-state index in [2.05, 4.69) is 10.3 Å². The second-order valence-electron chi connectivity index (χ2n) is 7.29. The largest absolute Gasteiger partial charge is 0.379 e. The molecule has 0 atom stereocenters. The van der Waals surface area contributed by atoms with E-state index in [0.717, 1.165) is 17.3 Å². The van der Waals surface area contributed by atoms with Crippen LogP contribution in [0, 0.1) is 10.1 Å². The van der Waals surface area contributed by atoms with Crippen molar-refractivity contribution in [3.8, 4) is 0 Å². The zero-order valence-electron chi connectivity index (χ0n) is 17.6. The van der Waals surface area contributed by atoms with Crippen LogP contribution in [0.3, 0.4) is 0 Å². The first-order valence-electron chi connectivity index (χ1n) is 10.3. The summed E-state index contributed by atoms with van der Waals surface area (Å²) in [5, 5.41) is 14.7. The second kappa shape index (κ2) is 9.90. The van der Waals surface area contributed by atoms with E-state index in [1.807, 2.05) is 48.6 Å². The van der Waals surface area contributed by atoms with Crippen LogP contribution in [-0.2, 0) is 14.8 Å². The molecule has 1 aliphatic heterocycles. The summed E-state index contributed by atoms with van der Waals surface area (Å²) in [5.74, 6) is 0. The smallest absolute Gasteiger partial charge is 0.294 e. The Balaban J connectivity index is 1.58. The van der Waals surface area contributed by atoms with E-state index in [0.29, 0.717) is 18.9 Å². The van der Waals surface area contributed by atoms with Crippen molar-refractivity contribution in [3.63, 3.8) is 0 Å². The number of nitrogens with one attached hydrogen (secondary N) is 1. The maximum Gasteiger partial charge on any atom is 0.294 e. The molecule has 4 rings (SSSR count). The van der Waals surface area contributed by atoms with Gasteiger partial charge in [-0.25, -0.2) is 8.42 Å². The van der Waals surface area contributed by atoms with Gasteiger partial charge in [-0.3, -0.25) is 15.1 Å². The number of morpholine rings is 1. The van der Waals surface area contributed by atoms with Crippen LogP contribution >= 0.6 is 0 Å². The lowest BCUT2D eigenvalue weighted by Crippen LogP contribution is -2.40. The fourth-order valence-electron chi connectivity index (χ4n) is 3.40. The van der Waals surface area contributed by atoms with Gasteiger partial charge in [0, 0.05) is 31.0 Å². The highest BCUT2D eigenvalue weighted by molar-refractivity contribution is 7.89. The van der Waals surface area contributed by atoms with E-state index in [-0.39, 0.29) is 29.4 Å². The minimum Gasteiger partial charge on any atom is -0.379 e. The number of ether oxygens (including phenoxy) is 1. The number of aromatic nitrogens is 1. The Bertz CT molecular complexity index is 1270. The Kier molecular flexibility index (Phi) is 6.78. The number of nitrogens with zero attached hydrogens (tertiary/aromatic N) is 3. The van der Waals surface area contributed by atoms with Gasteiger partial charge in [0.05, 0.1) is 28.7 Å². The minimum atomic E-state index is -3.84. The predicted octanol–water partition coefficient (Wildman–Crippen LogP) is 3.92. The van der Waals surface area contributed by atoms with Gasteiger partial charge in [-0.1, -0.05) is 24.3 Å². The van der Waals surface area contributed by atoms with Gasteiger partial charge < -0.3 is 10.1 Å². The topological polar surface area (TPSA) is 115 Å². The monoisotopic (exact) mass is 466 g/mol. The molecule has 0 amide bonds. The third-order valence-electron chi connectivity index (χ3n) is 5.07. The lowest BCUT2D eigenvalue weighted by molar-refractivity contribution is -0.384. The van der Waals surface area contributed by atoms with Crippen molar-refractivity contribution < 1.29 is 18.1 Å². The van der Waals surface area contributed by atoms with E-state index in [1.54, 1.807) is 12.3 Å². The van der Waals surface area contributed by atoms with Crippen molar-refractivity contribution in [3.05, 3.63) is 88.2 Å². The van der Waals surface area contributed by atoms with Crippen molar-refractivity contribution in [2.45, 2.75) is 4.90 Å². The number of nitro benzene ring substituents is 1. The van der Waals surface area contributed by atoms with Crippen LogP contribution in [0.2, 0.25) is 0 Å². The first-order valence-corrected chi connectivity index (χ1v) is 11.7. The van der Waals surface area contributed by atoms with Gasteiger partial charge in [0.25, 0.3) is 5.69 Å². The van der Waals surface area contributed by atoms with Crippen molar-refractivity contribution in [2.75, 3.05) is 31.6 Å². The molecule has 1 fully saturated rings. The number of rotatable bonds is 7. The van der Waals surface area contributed by atoms with Gasteiger partial charge in [-0.2, -0.15) is 4.31 Å². The standard InChI is InChI=1S/C23H22N4O5S/c28-27(29)23-17-21(33(30,31)26-12-14-32-15-13-26)9-10-22(23)25-20-6-3-4-18(16-20)7-8-19-5-1-2-11-24-19/h1-11,16-17,25H,12-15H2/b8-7+. The summed E-state index contributed by atoms with van der Waals surface area (Å²) in [5.41, 5.74) is 2.19. The molecule has 0 unspecified atom stereocenters. The summed E-state index contributed by atoms with van der Waals surface area (Å²) in [7, 11) is -3.84. The van der Waals surface area contributed by atoms with Crippen molar-refractivity contribution in [1.29, 1.82) is 0 Å². The van der Waals surface area contributed by atoms with E-state index < -0.39 is 14.9 Å². The van der Waals surface area contributed by atoms with E-state index >= 15 is 0 Å². The number of benzene rings is 2. The van der Waals surface area contributed by atoms with Gasteiger partial charge in [0.1, 0.15) is 5.69 Å². The summed E-state index contributed by atoms with van der Waals surface area (Å²) in [6, 6.07) is 16.8. The highest BCUT2D eigenvalue weighted by atomic mass is 32.2. The summed E-state index contributed by atoms with van der Waals surface area (Å²) < 4.78 is 32.2. The summed E-state index contributed by atoms with van der Waals surface area (Å²) >= 11 is 0. The van der Waals surface area contributed by atoms with E-state index in [9.17, 15) is 18.5 Å². The van der Waals surface area contributed by atoms with Gasteiger partial charge >= 0.3 is 0 Å². The number of anilines is 2. The molecule has 0 saturated carbocycles. The highest BCUT2D eigenvalue weighted by Crippen LogP contribution is 2.31. The number of nitro groups is 1. The average molecular weight is 467 g/mol. The molecule has 2 aromatic carbocycles. The van der Waals surface area contributed by atoms with Crippen LogP contribution in [0.25, 0.3) is 12.2 Å². The van der Waals surface area contributed by atoms with Crippen molar-refractivity contribution in [1.82, 2.24) is 9.29 Å². The molecule has 10 heteroatoms. The maximum absolute atomic E-state index is 12.9. The van der Waals surface area contributed by atoms with Crippen LogP contribution in [0.1, 0.15) is 11.3 Å². The number of hydrogen-bond acceptors (Lipinski definition) is 7. The van der Waals surface area contributed by atoms with Crippen molar-refractivity contribution >= 4 is 39.2 Å². The predicted molar refractivity (Wildman–Crippen MR) is 126 cm³/mol. The lowest BCUT2D eigenvalue weighted by atomic mass is 10.1. The molecule has 0 aliphatic carbocycles. The quantitative estimate of drug-likeness (QED) is 0.414. The maximum atomic E-state index is 12.9. The molecule has 1 aliphatic rings. The van der Waals surface area contributed by atoms with E-state index in [1.165, 1.54) is 16.4 Å². The fourth-order valence-corrected chi connectivity index (χ4v) is 4.82. The Labute approximate surface area is 191 Å². The second-order valence-corrected chi connectivity index (χ2v) is 9.23. The SMILES string of the molecule is O=[N+]([O-])c1cc(S(=O)(=O)N2CCOCC2)ccc1Nc1cccc(/C=C/c2ccccn2)c1. The van der Waals surface area contributed by atoms with Gasteiger partial charge in [-0.05, 0) is 48.0 Å². The first-order chi connectivity index (χ1) is 15.9. The molecule has 2 heterocycles. The lowest BCUT2D eigenvalue weighted by Gasteiger charge is -2.26. The van der Waals surface area contributed by atoms with E-state index in [4.69, 9.17) is 4.74 Å². The van der Waals surface area contributed by atoms with Crippen molar-refractivity contribution in [2.24, 2.45) is 0 Å². The van der Waals surface area contributed by atoms with Crippen LogP contribution < -0.4 is 5.32 Å². The summed E-state index contributed by atoms with van der Waals surface area (Å²) in [6.45, 7) is 1.03. The Hall–Kier alpha value is -3.60. The van der Waals surface area contributed by atoms with Gasteiger partial charge in [-0.15, -0.1) is 0 Å². The Morgan fingerprint density at radius 3 is 2.58 bits per heavy atom. The molecule has 1 aromatic heterocycles. The summed E-state index contributed by atoms with van der Waals surface area (Å²) in [6.07, 6.45) is 5.46. The molecule has 0 bridgehead atoms. The normalized spacial score (nSPS) is 14.9. The summed E-state index contributed by atoms with van der Waals surface area (Å²) in [4.78, 5) is 15.2. The first kappa shape index (κ1) is 22.6. The molecule has 1 N–H and O–H groups in total. The minimum absolute atomic E-state index is 0.117. The molecular formula is C23H22N4O5S.